The standard InChI is InChI=1S/C21H18F8N6O4S.3C2H6/c22-14-5-11(38-19(25)26)1-4-13(14)15(8-35(9-21(27,28)29)40(36,37)12-2-3-12)32-20-30-6-10(7-31-20)17-33-34-18(39-17)16(23)24;3*1-2/h1,4-7,12,15-16,19H,2-3,8-9H2,(H,30,31,32);3*1-2H3. The van der Waals surface area contributed by atoms with Gasteiger partial charge in [0.05, 0.1) is 16.9 Å². The smallest absolute Gasteiger partial charge is 0.402 e. The molecule has 4 rings (SSSR count). The van der Waals surface area contributed by atoms with E-state index in [-0.39, 0.29) is 34.5 Å². The fraction of sp³-hybridized carbons (Fsp3) is 0.556. The van der Waals surface area contributed by atoms with Crippen molar-refractivity contribution in [2.75, 3.05) is 18.4 Å². The third-order valence-electron chi connectivity index (χ3n) is 5.45. The van der Waals surface area contributed by atoms with Crippen molar-refractivity contribution in [3.05, 3.63) is 47.9 Å². The second-order valence-electron chi connectivity index (χ2n) is 8.45. The number of nitrogens with one attached hydrogen (secondary N) is 1. The molecule has 1 atom stereocenters. The van der Waals surface area contributed by atoms with Crippen LogP contribution in [0.1, 0.15) is 78.3 Å². The number of hydrogen-bond acceptors (Lipinski definition) is 9. The molecule has 0 amide bonds. The second-order valence-corrected chi connectivity index (χ2v) is 10.7. The average Bonchev–Trinajstić information content (AvgIpc) is 3.76. The summed E-state index contributed by atoms with van der Waals surface area (Å²) >= 11 is 0. The van der Waals surface area contributed by atoms with E-state index in [4.69, 9.17) is 4.42 Å². The van der Waals surface area contributed by atoms with Crippen molar-refractivity contribution < 1.29 is 52.7 Å². The number of halogens is 8. The summed E-state index contributed by atoms with van der Waals surface area (Å²) in [5.41, 5.74) is -0.429. The van der Waals surface area contributed by atoms with E-state index in [9.17, 15) is 43.5 Å². The molecule has 2 aromatic heterocycles. The highest BCUT2D eigenvalue weighted by atomic mass is 32.2. The number of anilines is 1. The van der Waals surface area contributed by atoms with Gasteiger partial charge in [-0.05, 0) is 18.9 Å². The van der Waals surface area contributed by atoms with Crippen LogP contribution in [0.25, 0.3) is 11.5 Å². The Morgan fingerprint density at radius 1 is 1.00 bits per heavy atom. The Bertz CT molecular complexity index is 1420. The van der Waals surface area contributed by atoms with E-state index >= 15 is 0 Å². The molecule has 3 aromatic rings. The number of aromatic nitrogens is 4. The highest BCUT2D eigenvalue weighted by Gasteiger charge is 2.45. The molecule has 260 valence electrons. The van der Waals surface area contributed by atoms with Crippen LogP contribution in [0.15, 0.2) is 35.0 Å². The zero-order chi connectivity index (χ0) is 35.2. The summed E-state index contributed by atoms with van der Waals surface area (Å²) in [7, 11) is -4.44. The number of benzene rings is 1. The second kappa shape index (κ2) is 18.5. The lowest BCUT2D eigenvalue weighted by molar-refractivity contribution is -0.136. The van der Waals surface area contributed by atoms with Crippen LogP contribution in [0.5, 0.6) is 5.75 Å². The van der Waals surface area contributed by atoms with Gasteiger partial charge in [-0.2, -0.15) is 35.0 Å². The third-order valence-corrected chi connectivity index (χ3v) is 7.76. The van der Waals surface area contributed by atoms with Crippen molar-refractivity contribution in [3.8, 4) is 17.2 Å². The molecular formula is C27H36F8N6O4S. The Kier molecular flexibility index (Phi) is 16.3. The maximum Gasteiger partial charge on any atom is 0.402 e. The Balaban J connectivity index is 0.00000166. The van der Waals surface area contributed by atoms with Gasteiger partial charge in [0.1, 0.15) is 18.1 Å². The van der Waals surface area contributed by atoms with E-state index < -0.39 is 76.6 Å². The predicted octanol–water partition coefficient (Wildman–Crippen LogP) is 7.79. The minimum atomic E-state index is -4.95. The van der Waals surface area contributed by atoms with Gasteiger partial charge in [0.2, 0.25) is 16.0 Å². The first-order chi connectivity index (χ1) is 21.7. The monoisotopic (exact) mass is 692 g/mol. The molecule has 0 bridgehead atoms. The number of sulfonamides is 1. The molecule has 0 aliphatic heterocycles. The number of ether oxygens (including phenoxy) is 1. The lowest BCUT2D eigenvalue weighted by Crippen LogP contribution is -2.44. The summed E-state index contributed by atoms with van der Waals surface area (Å²) in [5.74, 6) is -3.46. The summed E-state index contributed by atoms with van der Waals surface area (Å²) in [6.45, 7) is 5.89. The van der Waals surface area contributed by atoms with Gasteiger partial charge in [0, 0.05) is 30.6 Å². The largest absolute Gasteiger partial charge is 0.435 e. The molecule has 1 N–H and O–H groups in total. The SMILES string of the molecule is CC.CC.CC.O=S(=O)(C1CC1)N(CC(Nc1ncc(-c2nnc(C(F)F)o2)cn1)c1ccc(OC(F)F)cc1F)CC(F)(F)F. The van der Waals surface area contributed by atoms with Gasteiger partial charge in [-0.15, -0.1) is 10.2 Å². The summed E-state index contributed by atoms with van der Waals surface area (Å²) in [4.78, 5) is 7.76. The van der Waals surface area contributed by atoms with E-state index in [1.54, 1.807) is 0 Å². The summed E-state index contributed by atoms with van der Waals surface area (Å²) in [6, 6.07) is 0.845. The van der Waals surface area contributed by atoms with Crippen LogP contribution in [0.4, 0.5) is 41.1 Å². The van der Waals surface area contributed by atoms with Crippen LogP contribution < -0.4 is 10.1 Å². The minimum absolute atomic E-state index is 0.0174. The van der Waals surface area contributed by atoms with E-state index in [2.05, 4.69) is 30.2 Å². The van der Waals surface area contributed by atoms with Crippen molar-refractivity contribution in [1.82, 2.24) is 24.5 Å². The number of alkyl halides is 7. The lowest BCUT2D eigenvalue weighted by Gasteiger charge is -2.29. The number of hydrogen-bond donors (Lipinski definition) is 1. The fourth-order valence-electron chi connectivity index (χ4n) is 3.54. The number of nitrogens with zero attached hydrogens (tertiary/aromatic N) is 5. The molecule has 0 radical (unpaired) electrons. The first-order valence-corrected chi connectivity index (χ1v) is 15.7. The maximum atomic E-state index is 15.0. The van der Waals surface area contributed by atoms with E-state index in [1.165, 1.54) is 0 Å². The first kappa shape index (κ1) is 40.4. The van der Waals surface area contributed by atoms with Crippen LogP contribution in [-0.4, -0.2) is 64.0 Å². The van der Waals surface area contributed by atoms with E-state index in [0.29, 0.717) is 6.07 Å². The Hall–Kier alpha value is -3.61. The van der Waals surface area contributed by atoms with Crippen LogP contribution in [0.2, 0.25) is 0 Å². The Morgan fingerprint density at radius 3 is 2.04 bits per heavy atom. The van der Waals surface area contributed by atoms with Crippen LogP contribution in [0, 0.1) is 5.82 Å². The van der Waals surface area contributed by atoms with Gasteiger partial charge >= 0.3 is 19.2 Å². The molecule has 0 saturated heterocycles. The molecule has 1 aromatic carbocycles. The summed E-state index contributed by atoms with van der Waals surface area (Å²) in [6.07, 6.45) is -5.63. The molecule has 0 spiro atoms. The van der Waals surface area contributed by atoms with E-state index in [1.807, 2.05) is 41.5 Å². The van der Waals surface area contributed by atoms with Gasteiger partial charge in [-0.25, -0.2) is 22.8 Å². The average molecular weight is 693 g/mol. The normalized spacial score (nSPS) is 13.6. The zero-order valence-electron chi connectivity index (χ0n) is 25.8. The Labute approximate surface area is 261 Å². The van der Waals surface area contributed by atoms with Gasteiger partial charge in [-0.3, -0.25) is 0 Å². The minimum Gasteiger partial charge on any atom is -0.435 e. The van der Waals surface area contributed by atoms with Crippen LogP contribution in [-0.2, 0) is 10.0 Å². The van der Waals surface area contributed by atoms with Crippen molar-refractivity contribution in [2.24, 2.45) is 0 Å². The first-order valence-electron chi connectivity index (χ1n) is 14.2. The molecular weight excluding hydrogens is 656 g/mol. The van der Waals surface area contributed by atoms with Gasteiger partial charge in [0.15, 0.2) is 0 Å². The molecule has 1 aliphatic carbocycles. The van der Waals surface area contributed by atoms with Crippen molar-refractivity contribution in [3.63, 3.8) is 0 Å². The topological polar surface area (TPSA) is 123 Å². The maximum absolute atomic E-state index is 15.0. The molecule has 46 heavy (non-hydrogen) atoms. The lowest BCUT2D eigenvalue weighted by atomic mass is 10.1. The van der Waals surface area contributed by atoms with Gasteiger partial charge in [0.25, 0.3) is 11.8 Å². The highest BCUT2D eigenvalue weighted by Crippen LogP contribution is 2.35. The molecule has 1 unspecified atom stereocenters. The molecule has 1 aliphatic rings. The van der Waals surface area contributed by atoms with Gasteiger partial charge in [-0.1, -0.05) is 47.6 Å². The summed E-state index contributed by atoms with van der Waals surface area (Å²) in [5, 5.41) is 8.07. The molecule has 10 nitrogen and oxygen atoms in total. The summed E-state index contributed by atoms with van der Waals surface area (Å²) < 4.78 is 140. The molecule has 1 saturated carbocycles. The highest BCUT2D eigenvalue weighted by molar-refractivity contribution is 7.90. The number of rotatable bonds is 12. The van der Waals surface area contributed by atoms with Crippen molar-refractivity contribution in [1.29, 1.82) is 0 Å². The quantitative estimate of drug-likeness (QED) is 0.190. The fourth-order valence-corrected chi connectivity index (χ4v) is 5.37. The zero-order valence-corrected chi connectivity index (χ0v) is 26.6. The third kappa shape index (κ3) is 12.0. The molecule has 19 heteroatoms. The van der Waals surface area contributed by atoms with Crippen LogP contribution in [0.3, 0.4) is 0 Å². The molecule has 1 fully saturated rings. The Morgan fingerprint density at radius 2 is 1.59 bits per heavy atom. The van der Waals surface area contributed by atoms with Crippen LogP contribution >= 0.6 is 0 Å². The van der Waals surface area contributed by atoms with E-state index in [0.717, 1.165) is 24.5 Å². The predicted molar refractivity (Wildman–Crippen MR) is 153 cm³/mol. The molecule has 2 heterocycles. The van der Waals surface area contributed by atoms with Crippen molar-refractivity contribution >= 4 is 16.0 Å². The van der Waals surface area contributed by atoms with Gasteiger partial charge < -0.3 is 14.5 Å². The van der Waals surface area contributed by atoms with Crippen molar-refractivity contribution in [2.45, 2.75) is 84.9 Å².